The van der Waals surface area contributed by atoms with E-state index in [4.69, 9.17) is 4.74 Å². The molecule has 0 amide bonds. The molecule has 3 aromatic rings. The molecule has 4 rings (SSSR count). The summed E-state index contributed by atoms with van der Waals surface area (Å²) in [7, 11) is 0. The summed E-state index contributed by atoms with van der Waals surface area (Å²) in [5.74, 6) is 0. The fourth-order valence-corrected chi connectivity index (χ4v) is 3.34. The maximum absolute atomic E-state index is 12.4. The minimum atomic E-state index is -0.128. The van der Waals surface area contributed by atoms with Crippen LogP contribution in [0.1, 0.15) is 12.8 Å². The number of benzene rings is 1. The molecule has 1 aromatic carbocycles. The van der Waals surface area contributed by atoms with Gasteiger partial charge in [-0.15, -0.1) is 5.10 Å². The van der Waals surface area contributed by atoms with E-state index in [0.717, 1.165) is 19.4 Å². The van der Waals surface area contributed by atoms with Crippen LogP contribution in [0.15, 0.2) is 29.1 Å². The van der Waals surface area contributed by atoms with Gasteiger partial charge in [0.05, 0.1) is 17.0 Å². The zero-order valence-electron chi connectivity index (χ0n) is 11.3. The topological polar surface area (TPSA) is 68.5 Å². The van der Waals surface area contributed by atoms with E-state index in [1.54, 1.807) is 6.07 Å². The second-order valence-corrected chi connectivity index (χ2v) is 6.01. The molecule has 0 saturated carbocycles. The van der Waals surface area contributed by atoms with Crippen LogP contribution in [0.5, 0.6) is 0 Å². The average Bonchev–Trinajstić information content (AvgIpc) is 3.14. The van der Waals surface area contributed by atoms with Gasteiger partial charge in [-0.2, -0.15) is 4.52 Å². The van der Waals surface area contributed by atoms with Crippen LogP contribution in [-0.4, -0.2) is 33.9 Å². The Balaban J connectivity index is 1.70. The van der Waals surface area contributed by atoms with Crippen molar-refractivity contribution in [2.45, 2.75) is 18.9 Å². The first-order chi connectivity index (χ1) is 10.3. The summed E-state index contributed by atoms with van der Waals surface area (Å²) in [4.78, 5) is 17.5. The minimum Gasteiger partial charge on any atom is -0.376 e. The smallest absolute Gasteiger partial charge is 0.283 e. The molecule has 3 heterocycles. The van der Waals surface area contributed by atoms with Crippen LogP contribution in [-0.2, 0) is 4.74 Å². The molecule has 1 aliphatic rings. The second-order valence-electron chi connectivity index (χ2n) is 5.05. The number of fused-ring (bicyclic) bond motifs is 2. The molecule has 0 unspecified atom stereocenters. The van der Waals surface area contributed by atoms with Crippen molar-refractivity contribution < 1.29 is 4.74 Å². The fourth-order valence-electron chi connectivity index (χ4n) is 2.53. The van der Waals surface area contributed by atoms with E-state index in [1.807, 2.05) is 18.2 Å². The Morgan fingerprint density at radius 2 is 2.33 bits per heavy atom. The number of nitrogens with zero attached hydrogens (tertiary/aromatic N) is 3. The molecule has 6 nitrogen and oxygen atoms in total. The molecule has 1 aliphatic heterocycles. The van der Waals surface area contributed by atoms with Crippen molar-refractivity contribution in [3.05, 3.63) is 34.6 Å². The average molecular weight is 302 g/mol. The van der Waals surface area contributed by atoms with Gasteiger partial charge in [-0.1, -0.05) is 23.5 Å². The normalized spacial score (nSPS) is 18.6. The number of nitrogens with one attached hydrogen (secondary N) is 1. The molecule has 1 atom stereocenters. The van der Waals surface area contributed by atoms with Crippen LogP contribution >= 0.6 is 11.3 Å². The molecular formula is C14H14N4O2S. The van der Waals surface area contributed by atoms with Crippen LogP contribution in [0.25, 0.3) is 15.9 Å². The van der Waals surface area contributed by atoms with E-state index in [0.29, 0.717) is 27.5 Å². The molecule has 0 radical (unpaired) electrons. The van der Waals surface area contributed by atoms with Gasteiger partial charge >= 0.3 is 0 Å². The summed E-state index contributed by atoms with van der Waals surface area (Å²) in [5.41, 5.74) is 0.578. The minimum absolute atomic E-state index is 0.128. The van der Waals surface area contributed by atoms with Crippen molar-refractivity contribution in [2.75, 3.05) is 18.5 Å². The van der Waals surface area contributed by atoms with Gasteiger partial charge in [0.2, 0.25) is 10.1 Å². The van der Waals surface area contributed by atoms with E-state index in [2.05, 4.69) is 15.4 Å². The van der Waals surface area contributed by atoms with Gasteiger partial charge in [-0.25, -0.2) is 4.98 Å². The SMILES string of the molecule is O=c1c2ccccc2nc2sc(NC[C@H]3CCCO3)nn12. The van der Waals surface area contributed by atoms with Crippen LogP contribution in [0.2, 0.25) is 0 Å². The molecule has 1 saturated heterocycles. The Labute approximate surface area is 124 Å². The number of hydrogen-bond donors (Lipinski definition) is 1. The maximum atomic E-state index is 12.4. The van der Waals surface area contributed by atoms with Crippen molar-refractivity contribution in [1.29, 1.82) is 0 Å². The first kappa shape index (κ1) is 12.7. The Bertz CT molecular complexity index is 851. The highest BCUT2D eigenvalue weighted by Crippen LogP contribution is 2.20. The lowest BCUT2D eigenvalue weighted by atomic mass is 10.2. The summed E-state index contributed by atoms with van der Waals surface area (Å²) >= 11 is 1.38. The first-order valence-electron chi connectivity index (χ1n) is 6.95. The van der Waals surface area contributed by atoms with Crippen molar-refractivity contribution in [2.24, 2.45) is 0 Å². The Morgan fingerprint density at radius 3 is 3.19 bits per heavy atom. The van der Waals surface area contributed by atoms with Crippen molar-refractivity contribution in [3.63, 3.8) is 0 Å². The van der Waals surface area contributed by atoms with Crippen LogP contribution in [0.4, 0.5) is 5.13 Å². The molecule has 7 heteroatoms. The number of aromatic nitrogens is 3. The molecule has 0 spiro atoms. The number of ether oxygens (including phenoxy) is 1. The Hall–Kier alpha value is -1.99. The molecule has 1 fully saturated rings. The van der Waals surface area contributed by atoms with E-state index >= 15 is 0 Å². The molecule has 108 valence electrons. The number of rotatable bonds is 3. The summed E-state index contributed by atoms with van der Waals surface area (Å²) < 4.78 is 6.93. The van der Waals surface area contributed by atoms with Gasteiger partial charge in [0, 0.05) is 13.2 Å². The monoisotopic (exact) mass is 302 g/mol. The number of hydrogen-bond acceptors (Lipinski definition) is 6. The molecule has 2 aromatic heterocycles. The van der Waals surface area contributed by atoms with Crippen molar-refractivity contribution in [1.82, 2.24) is 14.6 Å². The quantitative estimate of drug-likeness (QED) is 0.800. The van der Waals surface area contributed by atoms with Gasteiger partial charge < -0.3 is 10.1 Å². The van der Waals surface area contributed by atoms with E-state index in [-0.39, 0.29) is 11.7 Å². The largest absolute Gasteiger partial charge is 0.376 e. The molecule has 0 bridgehead atoms. The molecule has 0 aliphatic carbocycles. The van der Waals surface area contributed by atoms with Gasteiger partial charge in [0.15, 0.2) is 0 Å². The van der Waals surface area contributed by atoms with Crippen LogP contribution in [0, 0.1) is 0 Å². The highest BCUT2D eigenvalue weighted by molar-refractivity contribution is 7.20. The predicted octanol–water partition coefficient (Wildman–Crippen LogP) is 1.90. The summed E-state index contributed by atoms with van der Waals surface area (Å²) in [5, 5.41) is 8.85. The predicted molar refractivity (Wildman–Crippen MR) is 82.1 cm³/mol. The van der Waals surface area contributed by atoms with Gasteiger partial charge in [0.25, 0.3) is 5.56 Å². The fraction of sp³-hybridized carbons (Fsp3) is 0.357. The lowest BCUT2D eigenvalue weighted by Crippen LogP contribution is -2.19. The third-order valence-electron chi connectivity index (χ3n) is 3.61. The summed E-state index contributed by atoms with van der Waals surface area (Å²) in [6.07, 6.45) is 2.42. The third kappa shape index (κ3) is 2.28. The van der Waals surface area contributed by atoms with Gasteiger partial charge in [0.1, 0.15) is 0 Å². The second kappa shape index (κ2) is 5.09. The maximum Gasteiger partial charge on any atom is 0.283 e. The third-order valence-corrected chi connectivity index (χ3v) is 4.47. The molecule has 1 N–H and O–H groups in total. The first-order valence-corrected chi connectivity index (χ1v) is 7.77. The Kier molecular flexibility index (Phi) is 3.08. The highest BCUT2D eigenvalue weighted by atomic mass is 32.1. The van der Waals surface area contributed by atoms with Crippen molar-refractivity contribution in [3.8, 4) is 0 Å². The van der Waals surface area contributed by atoms with Gasteiger partial charge in [-0.3, -0.25) is 4.79 Å². The van der Waals surface area contributed by atoms with Crippen LogP contribution < -0.4 is 10.9 Å². The lowest BCUT2D eigenvalue weighted by Gasteiger charge is -2.08. The zero-order chi connectivity index (χ0) is 14.2. The Morgan fingerprint density at radius 1 is 1.43 bits per heavy atom. The standard InChI is InChI=1S/C14H14N4O2S/c19-12-10-5-1-2-6-11(10)16-14-18(12)17-13(21-14)15-8-9-4-3-7-20-9/h1-2,5-6,9H,3-4,7-8H2,(H,15,17)/t9-/m1/s1. The zero-order valence-corrected chi connectivity index (χ0v) is 12.1. The lowest BCUT2D eigenvalue weighted by molar-refractivity contribution is 0.120. The number of anilines is 1. The van der Waals surface area contributed by atoms with Crippen molar-refractivity contribution >= 4 is 32.3 Å². The number of para-hydroxylation sites is 1. The van der Waals surface area contributed by atoms with Gasteiger partial charge in [-0.05, 0) is 25.0 Å². The van der Waals surface area contributed by atoms with Crippen LogP contribution in [0.3, 0.4) is 0 Å². The summed E-state index contributed by atoms with van der Waals surface area (Å²) in [6, 6.07) is 7.33. The highest BCUT2D eigenvalue weighted by Gasteiger charge is 2.16. The van der Waals surface area contributed by atoms with E-state index in [1.165, 1.54) is 15.9 Å². The molecule has 21 heavy (non-hydrogen) atoms. The van der Waals surface area contributed by atoms with E-state index in [9.17, 15) is 4.79 Å². The molecular weight excluding hydrogens is 288 g/mol. The van der Waals surface area contributed by atoms with E-state index < -0.39 is 0 Å². The summed E-state index contributed by atoms with van der Waals surface area (Å²) in [6.45, 7) is 1.55.